The van der Waals surface area contributed by atoms with Crippen LogP contribution in [0.4, 0.5) is 0 Å². The van der Waals surface area contributed by atoms with Crippen LogP contribution in [-0.4, -0.2) is 89.6 Å². The maximum Gasteiger partial charge on any atom is 0.237 e. The van der Waals surface area contributed by atoms with Gasteiger partial charge >= 0.3 is 0 Å². The smallest absolute Gasteiger partial charge is 0.237 e. The molecule has 1 atom stereocenters. The van der Waals surface area contributed by atoms with E-state index in [0.717, 1.165) is 10.6 Å². The van der Waals surface area contributed by atoms with Crippen molar-refractivity contribution in [3.8, 4) is 0 Å². The number of carbonyl (C=O) groups excluding carboxylic acids is 1. The molecule has 0 aliphatic carbocycles. The third kappa shape index (κ3) is 5.82. The zero-order valence-electron chi connectivity index (χ0n) is 13.2. The lowest BCUT2D eigenvalue weighted by atomic mass is 10.2. The first kappa shape index (κ1) is 19.3. The van der Waals surface area contributed by atoms with Crippen molar-refractivity contribution >= 4 is 25.8 Å². The van der Waals surface area contributed by atoms with Gasteiger partial charge in [-0.2, -0.15) is 4.31 Å². The third-order valence-corrected chi connectivity index (χ3v) is 6.69. The molecule has 1 aliphatic rings. The Morgan fingerprint density at radius 2 is 2.00 bits per heavy atom. The van der Waals surface area contributed by atoms with E-state index in [-0.39, 0.29) is 30.6 Å². The Labute approximate surface area is 132 Å². The second kappa shape index (κ2) is 7.71. The van der Waals surface area contributed by atoms with Crippen LogP contribution in [0.5, 0.6) is 0 Å². The van der Waals surface area contributed by atoms with Gasteiger partial charge in [0.1, 0.15) is 0 Å². The average molecular weight is 356 g/mol. The average Bonchev–Trinajstić information content (AvgIpc) is 2.76. The predicted molar refractivity (Wildman–Crippen MR) is 82.7 cm³/mol. The van der Waals surface area contributed by atoms with Crippen LogP contribution in [0.25, 0.3) is 0 Å². The minimum absolute atomic E-state index is 0.0577. The number of ether oxygens (including phenoxy) is 1. The van der Waals surface area contributed by atoms with Crippen LogP contribution in [0.1, 0.15) is 12.8 Å². The Bertz CT molecular complexity index is 587. The molecule has 1 aliphatic heterocycles. The number of rotatable bonds is 8. The summed E-state index contributed by atoms with van der Waals surface area (Å²) in [7, 11) is -3.56. The molecule has 0 radical (unpaired) electrons. The zero-order valence-corrected chi connectivity index (χ0v) is 14.8. The van der Waals surface area contributed by atoms with Gasteiger partial charge in [0.25, 0.3) is 0 Å². The van der Waals surface area contributed by atoms with Crippen LogP contribution < -0.4 is 0 Å². The highest BCUT2D eigenvalue weighted by Gasteiger charge is 2.33. The topological polar surface area (TPSA) is 101 Å². The normalized spacial score (nSPS) is 21.2. The van der Waals surface area contributed by atoms with Crippen LogP contribution in [0.3, 0.4) is 0 Å². The van der Waals surface area contributed by atoms with Crippen molar-refractivity contribution in [2.75, 3.05) is 51.6 Å². The highest BCUT2D eigenvalue weighted by molar-refractivity contribution is 7.91. The van der Waals surface area contributed by atoms with Gasteiger partial charge < -0.3 is 9.64 Å². The summed E-state index contributed by atoms with van der Waals surface area (Å²) in [5, 5.41) is 0. The molecule has 0 aromatic rings. The van der Waals surface area contributed by atoms with Crippen LogP contribution >= 0.6 is 0 Å². The molecule has 0 N–H and O–H groups in total. The number of amides is 1. The molecule has 0 bridgehead atoms. The van der Waals surface area contributed by atoms with E-state index in [0.29, 0.717) is 19.4 Å². The highest BCUT2D eigenvalue weighted by Crippen LogP contribution is 2.17. The van der Waals surface area contributed by atoms with Crippen LogP contribution in [0, 0.1) is 0 Å². The first-order chi connectivity index (χ1) is 10.1. The van der Waals surface area contributed by atoms with Gasteiger partial charge in [-0.15, -0.1) is 0 Å². The fourth-order valence-corrected chi connectivity index (χ4v) is 4.87. The Hall–Kier alpha value is -0.710. The Morgan fingerprint density at radius 3 is 2.45 bits per heavy atom. The molecule has 0 spiro atoms. The van der Waals surface area contributed by atoms with Crippen molar-refractivity contribution in [3.63, 3.8) is 0 Å². The van der Waals surface area contributed by atoms with E-state index < -0.39 is 25.8 Å². The molecule has 10 heteroatoms. The van der Waals surface area contributed by atoms with E-state index in [9.17, 15) is 21.6 Å². The summed E-state index contributed by atoms with van der Waals surface area (Å²) in [6.07, 6.45) is 1.93. The summed E-state index contributed by atoms with van der Waals surface area (Å²) in [6.45, 7) is 0.307. The SMILES string of the molecule is COCCCN(CC(=O)N(C)C1CCS(=O)(=O)C1)S(C)(=O)=O. The van der Waals surface area contributed by atoms with Crippen molar-refractivity contribution in [1.82, 2.24) is 9.21 Å². The van der Waals surface area contributed by atoms with Crippen molar-refractivity contribution in [2.24, 2.45) is 0 Å². The summed E-state index contributed by atoms with van der Waals surface area (Å²) in [6, 6.07) is -0.377. The zero-order chi connectivity index (χ0) is 17.0. The number of methoxy groups -OCH3 is 1. The molecule has 1 rings (SSSR count). The van der Waals surface area contributed by atoms with Crippen LogP contribution in [0.2, 0.25) is 0 Å². The molecule has 1 heterocycles. The van der Waals surface area contributed by atoms with Gasteiger partial charge in [-0.25, -0.2) is 16.8 Å². The standard InChI is InChI=1S/C12H24N2O6S2/c1-13(11-5-8-22(18,19)10-11)12(15)9-14(21(3,16)17)6-4-7-20-2/h11H,4-10H2,1-3H3. The fourth-order valence-electron chi connectivity index (χ4n) is 2.29. The van der Waals surface area contributed by atoms with E-state index >= 15 is 0 Å². The molecule has 22 heavy (non-hydrogen) atoms. The summed E-state index contributed by atoms with van der Waals surface area (Å²) in [5.74, 6) is -0.388. The van der Waals surface area contributed by atoms with E-state index in [1.54, 1.807) is 0 Å². The van der Waals surface area contributed by atoms with Crippen molar-refractivity contribution in [1.29, 1.82) is 0 Å². The number of carbonyl (C=O) groups is 1. The number of sulfone groups is 1. The van der Waals surface area contributed by atoms with Crippen LogP contribution in [-0.2, 0) is 29.4 Å². The molecule has 1 unspecified atom stereocenters. The number of nitrogens with zero attached hydrogens (tertiary/aromatic N) is 2. The summed E-state index contributed by atoms with van der Waals surface area (Å²) in [4.78, 5) is 13.6. The minimum Gasteiger partial charge on any atom is -0.385 e. The largest absolute Gasteiger partial charge is 0.385 e. The lowest BCUT2D eigenvalue weighted by molar-refractivity contribution is -0.131. The van der Waals surface area contributed by atoms with Gasteiger partial charge in [-0.05, 0) is 12.8 Å². The second-order valence-electron chi connectivity index (χ2n) is 5.50. The van der Waals surface area contributed by atoms with E-state index in [1.165, 1.54) is 19.1 Å². The Kier molecular flexibility index (Phi) is 6.78. The quantitative estimate of drug-likeness (QED) is 0.513. The van der Waals surface area contributed by atoms with Crippen molar-refractivity contribution < 1.29 is 26.4 Å². The molecular formula is C12H24N2O6S2. The lowest BCUT2D eigenvalue weighted by Crippen LogP contribution is -2.45. The van der Waals surface area contributed by atoms with Gasteiger partial charge in [0, 0.05) is 33.4 Å². The van der Waals surface area contributed by atoms with Gasteiger partial charge in [-0.3, -0.25) is 4.79 Å². The Balaban J connectivity index is 2.66. The lowest BCUT2D eigenvalue weighted by Gasteiger charge is -2.27. The first-order valence-electron chi connectivity index (χ1n) is 6.97. The summed E-state index contributed by atoms with van der Waals surface area (Å²) >= 11 is 0. The van der Waals surface area contributed by atoms with Gasteiger partial charge in [-0.1, -0.05) is 0 Å². The maximum atomic E-state index is 12.2. The fraction of sp³-hybridized carbons (Fsp3) is 0.917. The Morgan fingerprint density at radius 1 is 1.36 bits per heavy atom. The maximum absolute atomic E-state index is 12.2. The number of sulfonamides is 1. The second-order valence-corrected chi connectivity index (χ2v) is 9.72. The number of hydrogen-bond donors (Lipinski definition) is 0. The third-order valence-electron chi connectivity index (χ3n) is 3.69. The molecular weight excluding hydrogens is 332 g/mol. The van der Waals surface area contributed by atoms with Crippen LogP contribution in [0.15, 0.2) is 0 Å². The van der Waals surface area contributed by atoms with Crippen molar-refractivity contribution in [2.45, 2.75) is 18.9 Å². The minimum atomic E-state index is -3.51. The molecule has 1 amide bonds. The summed E-state index contributed by atoms with van der Waals surface area (Å²) in [5.41, 5.74) is 0. The molecule has 8 nitrogen and oxygen atoms in total. The molecule has 0 aromatic carbocycles. The predicted octanol–water partition coefficient (Wildman–Crippen LogP) is -1.07. The van der Waals surface area contributed by atoms with Gasteiger partial charge in [0.05, 0.1) is 24.3 Å². The summed E-state index contributed by atoms with van der Waals surface area (Å²) < 4.78 is 52.4. The van der Waals surface area contributed by atoms with Gasteiger partial charge in [0.15, 0.2) is 9.84 Å². The number of likely N-dealkylation sites (N-methyl/N-ethyl adjacent to an activating group) is 1. The molecule has 1 saturated heterocycles. The number of hydrogen-bond acceptors (Lipinski definition) is 6. The monoisotopic (exact) mass is 356 g/mol. The highest BCUT2D eigenvalue weighted by atomic mass is 32.2. The van der Waals surface area contributed by atoms with E-state index in [2.05, 4.69) is 0 Å². The van der Waals surface area contributed by atoms with Crippen molar-refractivity contribution in [3.05, 3.63) is 0 Å². The molecule has 0 saturated carbocycles. The van der Waals surface area contributed by atoms with E-state index in [4.69, 9.17) is 4.74 Å². The molecule has 0 aromatic heterocycles. The van der Waals surface area contributed by atoms with E-state index in [1.807, 2.05) is 0 Å². The molecule has 1 fully saturated rings. The van der Waals surface area contributed by atoms with Gasteiger partial charge in [0.2, 0.25) is 15.9 Å². The molecule has 130 valence electrons. The first-order valence-corrected chi connectivity index (χ1v) is 10.6.